The minimum atomic E-state index is -0.667. The van der Waals surface area contributed by atoms with Crippen LogP contribution < -0.4 is 15.4 Å². The van der Waals surface area contributed by atoms with Gasteiger partial charge < -0.3 is 19.9 Å². The maximum absolute atomic E-state index is 12.8. The Bertz CT molecular complexity index is 1060. The van der Waals surface area contributed by atoms with Crippen molar-refractivity contribution in [3.05, 3.63) is 46.6 Å². The second-order valence-corrected chi connectivity index (χ2v) is 7.32. The van der Waals surface area contributed by atoms with E-state index in [1.807, 2.05) is 6.92 Å². The topological polar surface area (TPSA) is 121 Å². The van der Waals surface area contributed by atoms with Crippen LogP contribution in [-0.2, 0) is 22.6 Å². The van der Waals surface area contributed by atoms with Crippen molar-refractivity contribution < 1.29 is 23.9 Å². The highest BCUT2D eigenvalue weighted by Gasteiger charge is 2.39. The van der Waals surface area contributed by atoms with Crippen LogP contribution >= 0.6 is 0 Å². The van der Waals surface area contributed by atoms with Crippen LogP contribution in [-0.4, -0.2) is 46.7 Å². The zero-order valence-electron chi connectivity index (χ0n) is 16.7. The number of aryl methyl sites for hydroxylation is 1. The second-order valence-electron chi connectivity index (χ2n) is 7.32. The Morgan fingerprint density at radius 1 is 1.27 bits per heavy atom. The van der Waals surface area contributed by atoms with E-state index in [1.165, 1.54) is 12.0 Å². The predicted octanol–water partition coefficient (Wildman–Crippen LogP) is 1.60. The molecule has 3 heterocycles. The van der Waals surface area contributed by atoms with Crippen molar-refractivity contribution in [2.24, 2.45) is 0 Å². The van der Waals surface area contributed by atoms with Gasteiger partial charge in [0.25, 0.3) is 11.8 Å². The Balaban J connectivity index is 1.52. The molecular weight excluding hydrogens is 388 g/mol. The van der Waals surface area contributed by atoms with E-state index in [-0.39, 0.29) is 30.7 Å². The SMILES string of the molecule is CCc1cc(OC)[nH]c1C(=O)Nc1ccc2c(c1)CN(C1CCC(=O)NC1=O)C2=O. The molecule has 1 fully saturated rings. The summed E-state index contributed by atoms with van der Waals surface area (Å²) in [6, 6.07) is 6.17. The molecule has 2 aliphatic rings. The lowest BCUT2D eigenvalue weighted by Gasteiger charge is -2.29. The molecule has 0 radical (unpaired) electrons. The number of aromatic nitrogens is 1. The number of methoxy groups -OCH3 is 1. The van der Waals surface area contributed by atoms with Gasteiger partial charge in [0.1, 0.15) is 11.7 Å². The standard InChI is InChI=1S/C21H22N4O5/c1-3-11-9-17(30-2)24-18(11)20(28)22-13-4-5-14-12(8-13)10-25(21(14)29)15-6-7-16(26)23-19(15)27/h4-5,8-9,15,24H,3,6-7,10H2,1-2H3,(H,22,28)(H,23,26,27). The fourth-order valence-electron chi connectivity index (χ4n) is 3.91. The van der Waals surface area contributed by atoms with Crippen molar-refractivity contribution in [3.63, 3.8) is 0 Å². The Morgan fingerprint density at radius 3 is 2.77 bits per heavy atom. The molecule has 2 aromatic rings. The number of hydrogen-bond donors (Lipinski definition) is 3. The van der Waals surface area contributed by atoms with Crippen molar-refractivity contribution in [1.29, 1.82) is 0 Å². The number of ether oxygens (including phenoxy) is 1. The normalized spacial score (nSPS) is 18.3. The van der Waals surface area contributed by atoms with E-state index in [2.05, 4.69) is 15.6 Å². The predicted molar refractivity (Wildman–Crippen MR) is 107 cm³/mol. The average Bonchev–Trinajstić information content (AvgIpc) is 3.29. The fourth-order valence-corrected chi connectivity index (χ4v) is 3.91. The number of fused-ring (bicyclic) bond motifs is 1. The van der Waals surface area contributed by atoms with Crippen LogP contribution in [0.5, 0.6) is 5.88 Å². The molecule has 0 aliphatic carbocycles. The van der Waals surface area contributed by atoms with E-state index < -0.39 is 11.9 Å². The molecule has 4 amide bonds. The number of rotatable bonds is 5. The second kappa shape index (κ2) is 7.66. The minimum Gasteiger partial charge on any atom is -0.482 e. The molecule has 1 unspecified atom stereocenters. The Hall–Kier alpha value is -3.62. The van der Waals surface area contributed by atoms with Crippen LogP contribution in [0.25, 0.3) is 0 Å². The average molecular weight is 410 g/mol. The smallest absolute Gasteiger partial charge is 0.272 e. The van der Waals surface area contributed by atoms with Crippen molar-refractivity contribution in [2.45, 2.75) is 38.8 Å². The van der Waals surface area contributed by atoms with Gasteiger partial charge in [-0.2, -0.15) is 0 Å². The van der Waals surface area contributed by atoms with Gasteiger partial charge >= 0.3 is 0 Å². The molecule has 0 saturated carbocycles. The third-order valence-electron chi connectivity index (χ3n) is 5.48. The van der Waals surface area contributed by atoms with Crippen LogP contribution in [0.1, 0.15) is 51.7 Å². The van der Waals surface area contributed by atoms with Gasteiger partial charge in [-0.05, 0) is 42.2 Å². The molecule has 4 rings (SSSR count). The lowest BCUT2D eigenvalue weighted by atomic mass is 10.0. The lowest BCUT2D eigenvalue weighted by Crippen LogP contribution is -2.52. The number of H-pyrrole nitrogens is 1. The summed E-state index contributed by atoms with van der Waals surface area (Å²) in [4.78, 5) is 53.4. The quantitative estimate of drug-likeness (QED) is 0.647. The number of aromatic amines is 1. The van der Waals surface area contributed by atoms with Gasteiger partial charge in [-0.25, -0.2) is 0 Å². The van der Waals surface area contributed by atoms with E-state index in [0.717, 1.165) is 11.1 Å². The molecule has 30 heavy (non-hydrogen) atoms. The molecule has 1 aromatic carbocycles. The largest absolute Gasteiger partial charge is 0.482 e. The van der Waals surface area contributed by atoms with Gasteiger partial charge in [0.2, 0.25) is 11.8 Å². The first-order valence-corrected chi connectivity index (χ1v) is 9.76. The molecule has 9 nitrogen and oxygen atoms in total. The molecule has 2 aliphatic heterocycles. The van der Waals surface area contributed by atoms with Gasteiger partial charge in [0.05, 0.1) is 7.11 Å². The van der Waals surface area contributed by atoms with Crippen LogP contribution in [0.4, 0.5) is 5.69 Å². The third-order valence-corrected chi connectivity index (χ3v) is 5.48. The zero-order valence-corrected chi connectivity index (χ0v) is 16.7. The highest BCUT2D eigenvalue weighted by Crippen LogP contribution is 2.30. The summed E-state index contributed by atoms with van der Waals surface area (Å²) in [6.45, 7) is 2.20. The number of hydrogen-bond acceptors (Lipinski definition) is 5. The van der Waals surface area contributed by atoms with Crippen molar-refractivity contribution in [2.75, 3.05) is 12.4 Å². The number of imide groups is 1. The van der Waals surface area contributed by atoms with Crippen molar-refractivity contribution in [3.8, 4) is 5.88 Å². The van der Waals surface area contributed by atoms with Gasteiger partial charge in [0, 0.05) is 30.3 Å². The molecule has 0 spiro atoms. The summed E-state index contributed by atoms with van der Waals surface area (Å²) < 4.78 is 5.16. The minimum absolute atomic E-state index is 0.206. The number of piperidine rings is 1. The lowest BCUT2D eigenvalue weighted by molar-refractivity contribution is -0.136. The molecule has 156 valence electrons. The van der Waals surface area contributed by atoms with Gasteiger partial charge in [-0.3, -0.25) is 24.5 Å². The van der Waals surface area contributed by atoms with E-state index in [9.17, 15) is 19.2 Å². The highest BCUT2D eigenvalue weighted by molar-refractivity contribution is 6.07. The molecule has 3 N–H and O–H groups in total. The summed E-state index contributed by atoms with van der Waals surface area (Å²) >= 11 is 0. The fraction of sp³-hybridized carbons (Fsp3) is 0.333. The van der Waals surface area contributed by atoms with Crippen LogP contribution in [0.15, 0.2) is 24.3 Å². The van der Waals surface area contributed by atoms with Crippen LogP contribution in [0.3, 0.4) is 0 Å². The number of nitrogens with one attached hydrogen (secondary N) is 3. The number of nitrogens with zero attached hydrogens (tertiary/aromatic N) is 1. The number of anilines is 1. The summed E-state index contributed by atoms with van der Waals surface area (Å²) in [6.07, 6.45) is 1.18. The number of carbonyl (C=O) groups excluding carboxylic acids is 4. The Labute approximate surface area is 172 Å². The monoisotopic (exact) mass is 410 g/mol. The first-order chi connectivity index (χ1) is 14.4. The van der Waals surface area contributed by atoms with E-state index in [0.29, 0.717) is 35.7 Å². The molecule has 1 aromatic heterocycles. The van der Waals surface area contributed by atoms with Crippen molar-refractivity contribution >= 4 is 29.3 Å². The number of amides is 4. The molecule has 0 bridgehead atoms. The van der Waals surface area contributed by atoms with Crippen LogP contribution in [0.2, 0.25) is 0 Å². The number of benzene rings is 1. The molecular formula is C21H22N4O5. The van der Waals surface area contributed by atoms with E-state index in [4.69, 9.17) is 4.74 Å². The Kier molecular flexibility index (Phi) is 5.03. The summed E-state index contributed by atoms with van der Waals surface area (Å²) in [5.74, 6) is -0.816. The molecule has 9 heteroatoms. The summed E-state index contributed by atoms with van der Waals surface area (Å²) in [5.41, 5.74) is 3.03. The maximum Gasteiger partial charge on any atom is 0.272 e. The molecule has 1 atom stereocenters. The first-order valence-electron chi connectivity index (χ1n) is 9.76. The van der Waals surface area contributed by atoms with E-state index in [1.54, 1.807) is 24.3 Å². The molecule has 1 saturated heterocycles. The maximum atomic E-state index is 12.8. The van der Waals surface area contributed by atoms with Crippen LogP contribution in [0, 0.1) is 0 Å². The summed E-state index contributed by atoms with van der Waals surface area (Å²) in [7, 11) is 1.53. The number of carbonyl (C=O) groups is 4. The zero-order chi connectivity index (χ0) is 21.4. The Morgan fingerprint density at radius 2 is 2.07 bits per heavy atom. The highest BCUT2D eigenvalue weighted by atomic mass is 16.5. The van der Waals surface area contributed by atoms with Gasteiger partial charge in [-0.15, -0.1) is 0 Å². The van der Waals surface area contributed by atoms with Crippen molar-refractivity contribution in [1.82, 2.24) is 15.2 Å². The third kappa shape index (κ3) is 3.42. The summed E-state index contributed by atoms with van der Waals surface area (Å²) in [5, 5.41) is 5.13. The van der Waals surface area contributed by atoms with Gasteiger partial charge in [-0.1, -0.05) is 6.92 Å². The van der Waals surface area contributed by atoms with E-state index >= 15 is 0 Å². The first kappa shape index (κ1) is 19.7. The van der Waals surface area contributed by atoms with Gasteiger partial charge in [0.15, 0.2) is 5.88 Å².